The highest BCUT2D eigenvalue weighted by atomic mass is 35.5. The van der Waals surface area contributed by atoms with Crippen molar-refractivity contribution in [1.82, 2.24) is 45.3 Å². The molecular weight excluding hydrogens is 635 g/mol. The van der Waals surface area contributed by atoms with E-state index in [4.69, 9.17) is 23.2 Å². The molecule has 3 N–H and O–H groups in total. The molecule has 3 heterocycles. The minimum absolute atomic E-state index is 0.0436. The standard InChI is InChI=1S/C30H32Cl2N10O4/c1-40(2)22-12-13-41(16-22)26(44)15-23(29-36-27(28(32)37-29)18-4-8-21(9-5-18)34-30(45)46-3)35-25(43)11-6-19-14-20(31)7-10-24(19)42-17-33-38-39-42/h4-11,14,17,22-23H,12-13,15-16H2,1-3H3,(H,34,45)(H,35,43)(H,36,37)/t22?,23-/m0/s1. The van der Waals surface area contributed by atoms with Crippen LogP contribution in [0.5, 0.6) is 0 Å². The number of imidazole rings is 1. The third-order valence-electron chi connectivity index (χ3n) is 7.54. The number of likely N-dealkylation sites (N-methyl/N-ethyl adjacent to an activating group) is 1. The number of ether oxygens (including phenoxy) is 1. The number of nitrogens with zero attached hydrogens (tertiary/aromatic N) is 7. The molecule has 2 aromatic heterocycles. The second-order valence-electron chi connectivity index (χ2n) is 10.8. The van der Waals surface area contributed by atoms with E-state index in [9.17, 15) is 14.4 Å². The van der Waals surface area contributed by atoms with Gasteiger partial charge in [-0.2, -0.15) is 4.68 Å². The van der Waals surface area contributed by atoms with Crippen LogP contribution in [0.15, 0.2) is 54.9 Å². The Morgan fingerprint density at radius 2 is 1.96 bits per heavy atom. The van der Waals surface area contributed by atoms with Crippen molar-refractivity contribution in [3.05, 3.63) is 76.4 Å². The molecule has 3 amide bonds. The Morgan fingerprint density at radius 1 is 1.17 bits per heavy atom. The molecule has 1 fully saturated rings. The summed E-state index contributed by atoms with van der Waals surface area (Å²) in [6.45, 7) is 1.21. The predicted octanol–water partition coefficient (Wildman–Crippen LogP) is 3.96. The SMILES string of the molecule is COC(=O)Nc1ccc(-c2nc([C@H](CC(=O)N3CCC(N(C)C)C3)NC(=O)C=Cc3cc(Cl)ccc3-n3cnnn3)[nH]c2Cl)cc1. The molecule has 0 saturated carbocycles. The summed E-state index contributed by atoms with van der Waals surface area (Å²) < 4.78 is 6.09. The number of hydrogen-bond acceptors (Lipinski definition) is 9. The Morgan fingerprint density at radius 3 is 2.63 bits per heavy atom. The van der Waals surface area contributed by atoms with Crippen LogP contribution in [0, 0.1) is 0 Å². The molecule has 2 atom stereocenters. The fraction of sp³-hybridized carbons (Fsp3) is 0.300. The van der Waals surface area contributed by atoms with Gasteiger partial charge in [-0.3, -0.25) is 14.9 Å². The first-order valence-electron chi connectivity index (χ1n) is 14.3. The minimum Gasteiger partial charge on any atom is -0.453 e. The molecule has 4 aromatic rings. The lowest BCUT2D eigenvalue weighted by Gasteiger charge is -2.22. The van der Waals surface area contributed by atoms with Crippen LogP contribution >= 0.6 is 23.2 Å². The van der Waals surface area contributed by atoms with Gasteiger partial charge in [-0.05, 0) is 67.4 Å². The third-order valence-corrected chi connectivity index (χ3v) is 8.05. The largest absolute Gasteiger partial charge is 0.453 e. The highest BCUT2D eigenvalue weighted by Gasteiger charge is 2.31. The van der Waals surface area contributed by atoms with Gasteiger partial charge >= 0.3 is 6.09 Å². The molecule has 240 valence electrons. The number of likely N-dealkylation sites (tertiary alicyclic amines) is 1. The molecule has 0 spiro atoms. The Kier molecular flexibility index (Phi) is 10.3. The van der Waals surface area contributed by atoms with Gasteiger partial charge < -0.3 is 24.8 Å². The highest BCUT2D eigenvalue weighted by molar-refractivity contribution is 6.32. The minimum atomic E-state index is -0.826. The van der Waals surface area contributed by atoms with Crippen LogP contribution in [0.3, 0.4) is 0 Å². The number of hydrogen-bond donors (Lipinski definition) is 3. The maximum Gasteiger partial charge on any atom is 0.411 e. The van der Waals surface area contributed by atoms with E-state index in [1.54, 1.807) is 53.4 Å². The number of anilines is 1. The van der Waals surface area contributed by atoms with Gasteiger partial charge in [0.05, 0.1) is 25.3 Å². The Balaban J connectivity index is 1.39. The molecule has 1 saturated heterocycles. The van der Waals surface area contributed by atoms with Crippen LogP contribution in [0.2, 0.25) is 10.2 Å². The van der Waals surface area contributed by atoms with Crippen LogP contribution in [-0.2, 0) is 14.3 Å². The number of amides is 3. The van der Waals surface area contributed by atoms with Gasteiger partial charge in [-0.25, -0.2) is 9.78 Å². The van der Waals surface area contributed by atoms with Crippen molar-refractivity contribution in [3.8, 4) is 16.9 Å². The molecule has 46 heavy (non-hydrogen) atoms. The lowest BCUT2D eigenvalue weighted by molar-refractivity contribution is -0.131. The summed E-state index contributed by atoms with van der Waals surface area (Å²) in [5, 5.41) is 17.4. The number of carbonyl (C=O) groups excluding carboxylic acids is 3. The van der Waals surface area contributed by atoms with Crippen LogP contribution in [0.4, 0.5) is 10.5 Å². The van der Waals surface area contributed by atoms with E-state index in [0.29, 0.717) is 52.1 Å². The van der Waals surface area contributed by atoms with Gasteiger partial charge in [0, 0.05) is 47.0 Å². The Labute approximate surface area is 274 Å². The van der Waals surface area contributed by atoms with Crippen molar-refractivity contribution >= 4 is 52.9 Å². The summed E-state index contributed by atoms with van der Waals surface area (Å²) in [5.74, 6) is -0.283. The number of aromatic nitrogens is 6. The maximum absolute atomic E-state index is 13.5. The van der Waals surface area contributed by atoms with Gasteiger partial charge in [-0.15, -0.1) is 5.10 Å². The molecule has 1 unspecified atom stereocenters. The summed E-state index contributed by atoms with van der Waals surface area (Å²) in [6.07, 6.45) is 4.58. The number of methoxy groups -OCH3 is 1. The van der Waals surface area contributed by atoms with Crippen molar-refractivity contribution in [2.24, 2.45) is 0 Å². The lowest BCUT2D eigenvalue weighted by Crippen LogP contribution is -2.37. The number of H-pyrrole nitrogens is 1. The lowest BCUT2D eigenvalue weighted by atomic mass is 10.1. The quantitative estimate of drug-likeness (QED) is 0.213. The van der Waals surface area contributed by atoms with Crippen LogP contribution < -0.4 is 10.6 Å². The van der Waals surface area contributed by atoms with Crippen molar-refractivity contribution in [3.63, 3.8) is 0 Å². The predicted molar refractivity (Wildman–Crippen MR) is 172 cm³/mol. The third kappa shape index (κ3) is 7.88. The van der Waals surface area contributed by atoms with E-state index in [1.165, 1.54) is 24.2 Å². The Hall–Kier alpha value is -4.79. The highest BCUT2D eigenvalue weighted by Crippen LogP contribution is 2.30. The number of carbonyl (C=O) groups is 3. The molecule has 0 bridgehead atoms. The number of aromatic amines is 1. The number of rotatable bonds is 10. The van der Waals surface area contributed by atoms with E-state index in [-0.39, 0.29) is 23.5 Å². The second kappa shape index (κ2) is 14.5. The van der Waals surface area contributed by atoms with E-state index in [2.05, 4.69) is 45.8 Å². The van der Waals surface area contributed by atoms with Crippen molar-refractivity contribution < 1.29 is 19.1 Å². The molecule has 1 aliphatic rings. The van der Waals surface area contributed by atoms with Crippen LogP contribution in [-0.4, -0.2) is 98.2 Å². The Bertz CT molecular complexity index is 1720. The van der Waals surface area contributed by atoms with E-state index in [0.717, 1.165) is 6.42 Å². The average Bonchev–Trinajstić information content (AvgIpc) is 3.82. The zero-order chi connectivity index (χ0) is 32.8. The molecule has 0 aliphatic carbocycles. The number of nitrogens with one attached hydrogen (secondary N) is 3. The first kappa shape index (κ1) is 32.6. The van der Waals surface area contributed by atoms with Crippen molar-refractivity contribution in [1.29, 1.82) is 0 Å². The molecule has 16 heteroatoms. The normalized spacial score (nSPS) is 15.3. The van der Waals surface area contributed by atoms with Crippen molar-refractivity contribution in [2.75, 3.05) is 39.6 Å². The zero-order valence-electron chi connectivity index (χ0n) is 25.3. The van der Waals surface area contributed by atoms with E-state index < -0.39 is 18.0 Å². The second-order valence-corrected chi connectivity index (χ2v) is 11.6. The average molecular weight is 668 g/mol. The topological polar surface area (TPSA) is 163 Å². The van der Waals surface area contributed by atoms with E-state index >= 15 is 0 Å². The summed E-state index contributed by atoms with van der Waals surface area (Å²) in [6, 6.07) is 11.4. The fourth-order valence-electron chi connectivity index (χ4n) is 5.04. The van der Waals surface area contributed by atoms with Crippen LogP contribution in [0.1, 0.15) is 30.3 Å². The number of tetrazole rings is 1. The number of halogens is 2. The summed E-state index contributed by atoms with van der Waals surface area (Å²) in [5.41, 5.74) is 2.81. The summed E-state index contributed by atoms with van der Waals surface area (Å²) >= 11 is 12.8. The van der Waals surface area contributed by atoms with Gasteiger partial charge in [0.2, 0.25) is 11.8 Å². The summed E-state index contributed by atoms with van der Waals surface area (Å²) in [7, 11) is 5.26. The summed E-state index contributed by atoms with van der Waals surface area (Å²) in [4.78, 5) is 49.9. The molecular formula is C30H32Cl2N10O4. The zero-order valence-corrected chi connectivity index (χ0v) is 26.8. The van der Waals surface area contributed by atoms with Gasteiger partial charge in [0.15, 0.2) is 0 Å². The molecule has 2 aromatic carbocycles. The van der Waals surface area contributed by atoms with E-state index in [1.807, 2.05) is 14.1 Å². The van der Waals surface area contributed by atoms with Gasteiger partial charge in [-0.1, -0.05) is 35.3 Å². The molecule has 5 rings (SSSR count). The van der Waals surface area contributed by atoms with Gasteiger partial charge in [0.25, 0.3) is 0 Å². The fourth-order valence-corrected chi connectivity index (χ4v) is 5.47. The van der Waals surface area contributed by atoms with Gasteiger partial charge in [0.1, 0.15) is 23.0 Å². The maximum atomic E-state index is 13.5. The number of benzene rings is 2. The molecule has 0 radical (unpaired) electrons. The molecule has 1 aliphatic heterocycles. The first-order valence-corrected chi connectivity index (χ1v) is 15.0. The van der Waals surface area contributed by atoms with Crippen molar-refractivity contribution in [2.45, 2.75) is 24.9 Å². The smallest absolute Gasteiger partial charge is 0.411 e. The first-order chi connectivity index (χ1) is 22.1. The monoisotopic (exact) mass is 666 g/mol. The van der Waals surface area contributed by atoms with Crippen LogP contribution in [0.25, 0.3) is 23.0 Å². The molecule has 14 nitrogen and oxygen atoms in total.